The maximum absolute atomic E-state index is 13.8. The first-order valence-electron chi connectivity index (χ1n) is 7.98. The fourth-order valence-corrected chi connectivity index (χ4v) is 2.61. The number of carbonyl (C=O) groups is 1. The van der Waals surface area contributed by atoms with E-state index in [1.807, 2.05) is 31.2 Å². The van der Waals surface area contributed by atoms with Crippen molar-refractivity contribution in [3.05, 3.63) is 83.7 Å². The first-order chi connectivity index (χ1) is 12.0. The smallest absolute Gasteiger partial charge is 0.253 e. The van der Waals surface area contributed by atoms with Gasteiger partial charge in [-0.3, -0.25) is 14.8 Å². The second-order valence-electron chi connectivity index (χ2n) is 5.90. The summed E-state index contributed by atoms with van der Waals surface area (Å²) in [6, 6.07) is 12.0. The molecule has 0 spiro atoms. The van der Waals surface area contributed by atoms with E-state index in [1.165, 1.54) is 24.5 Å². The van der Waals surface area contributed by atoms with Crippen LogP contribution in [0, 0.1) is 12.7 Å². The topological polar surface area (TPSA) is 54.9 Å². The molecule has 0 bridgehead atoms. The normalized spacial score (nSPS) is 11.8. The zero-order chi connectivity index (χ0) is 17.8. The Morgan fingerprint density at radius 3 is 2.72 bits per heavy atom. The van der Waals surface area contributed by atoms with Crippen molar-refractivity contribution in [2.75, 3.05) is 0 Å². The molecule has 0 radical (unpaired) electrons. The van der Waals surface area contributed by atoms with Crippen molar-refractivity contribution in [2.24, 2.45) is 0 Å². The molecule has 5 heteroatoms. The van der Waals surface area contributed by atoms with Gasteiger partial charge in [0.25, 0.3) is 5.91 Å². The minimum Gasteiger partial charge on any atom is -0.344 e. The summed E-state index contributed by atoms with van der Waals surface area (Å²) in [5.41, 5.74) is 3.60. The molecule has 2 heterocycles. The molecule has 0 aliphatic rings. The van der Waals surface area contributed by atoms with Gasteiger partial charge in [-0.05, 0) is 37.6 Å². The predicted octanol–water partition coefficient (Wildman–Crippen LogP) is 4.08. The van der Waals surface area contributed by atoms with Crippen LogP contribution in [0.3, 0.4) is 0 Å². The zero-order valence-electron chi connectivity index (χ0n) is 14.0. The largest absolute Gasteiger partial charge is 0.344 e. The number of carbonyl (C=O) groups excluding carboxylic acids is 1. The minimum absolute atomic E-state index is 0.207. The van der Waals surface area contributed by atoms with Gasteiger partial charge in [0.2, 0.25) is 0 Å². The lowest BCUT2D eigenvalue weighted by Gasteiger charge is -2.14. The summed E-state index contributed by atoms with van der Waals surface area (Å²) in [6.45, 7) is 3.71. The van der Waals surface area contributed by atoms with Gasteiger partial charge in [-0.2, -0.15) is 0 Å². The third-order valence-corrected chi connectivity index (χ3v) is 3.90. The highest BCUT2D eigenvalue weighted by molar-refractivity contribution is 5.95. The van der Waals surface area contributed by atoms with Gasteiger partial charge in [-0.1, -0.05) is 29.8 Å². The van der Waals surface area contributed by atoms with Crippen LogP contribution in [-0.4, -0.2) is 15.9 Å². The van der Waals surface area contributed by atoms with Crippen molar-refractivity contribution < 1.29 is 9.18 Å². The predicted molar refractivity (Wildman–Crippen MR) is 94.5 cm³/mol. The zero-order valence-corrected chi connectivity index (χ0v) is 14.0. The molecule has 0 fully saturated rings. The van der Waals surface area contributed by atoms with Gasteiger partial charge in [0.05, 0.1) is 17.3 Å². The number of aryl methyl sites for hydroxylation is 1. The Balaban J connectivity index is 1.81. The molecule has 0 saturated carbocycles. The van der Waals surface area contributed by atoms with E-state index >= 15 is 0 Å². The lowest BCUT2D eigenvalue weighted by Crippen LogP contribution is -2.28. The van der Waals surface area contributed by atoms with Gasteiger partial charge >= 0.3 is 0 Å². The molecule has 1 N–H and O–H groups in total. The Hall–Kier alpha value is -3.08. The SMILES string of the molecule is Cc1cccc(-c2cncc(C(=O)N[C@H](C)c3ncccc3F)c2)c1. The third kappa shape index (κ3) is 3.88. The maximum atomic E-state index is 13.8. The fraction of sp³-hybridized carbons (Fsp3) is 0.150. The van der Waals surface area contributed by atoms with Gasteiger partial charge in [-0.15, -0.1) is 0 Å². The molecular weight excluding hydrogens is 317 g/mol. The van der Waals surface area contributed by atoms with Gasteiger partial charge in [0.1, 0.15) is 5.82 Å². The van der Waals surface area contributed by atoms with Crippen molar-refractivity contribution in [2.45, 2.75) is 19.9 Å². The number of benzene rings is 1. The minimum atomic E-state index is -0.545. The number of amides is 1. The summed E-state index contributed by atoms with van der Waals surface area (Å²) in [4.78, 5) is 20.6. The number of hydrogen-bond donors (Lipinski definition) is 1. The molecule has 0 aliphatic carbocycles. The van der Waals surface area contributed by atoms with E-state index in [4.69, 9.17) is 0 Å². The maximum Gasteiger partial charge on any atom is 0.253 e. The van der Waals surface area contributed by atoms with Crippen molar-refractivity contribution in [1.82, 2.24) is 15.3 Å². The quantitative estimate of drug-likeness (QED) is 0.781. The number of aromatic nitrogens is 2. The van der Waals surface area contributed by atoms with E-state index in [2.05, 4.69) is 15.3 Å². The highest BCUT2D eigenvalue weighted by Crippen LogP contribution is 2.21. The average molecular weight is 335 g/mol. The molecule has 0 saturated heterocycles. The van der Waals surface area contributed by atoms with Crippen LogP contribution in [0.15, 0.2) is 61.1 Å². The molecule has 3 rings (SSSR count). The van der Waals surface area contributed by atoms with Crippen LogP contribution in [0.1, 0.15) is 34.6 Å². The van der Waals surface area contributed by atoms with E-state index in [9.17, 15) is 9.18 Å². The van der Waals surface area contributed by atoms with E-state index < -0.39 is 11.9 Å². The number of halogens is 1. The standard InChI is InChI=1S/C20H18FN3O/c1-13-5-3-6-15(9-13)16-10-17(12-22-11-16)20(25)24-14(2)19-18(21)7-4-8-23-19/h3-12,14H,1-2H3,(H,24,25)/t14-/m1/s1. The van der Waals surface area contributed by atoms with Crippen molar-refractivity contribution in [3.63, 3.8) is 0 Å². The number of pyridine rings is 2. The van der Waals surface area contributed by atoms with Crippen LogP contribution >= 0.6 is 0 Å². The number of rotatable bonds is 4. The number of nitrogens with one attached hydrogen (secondary N) is 1. The van der Waals surface area contributed by atoms with E-state index in [-0.39, 0.29) is 11.6 Å². The second kappa shape index (κ2) is 7.21. The Kier molecular flexibility index (Phi) is 4.84. The molecular formula is C20H18FN3O. The van der Waals surface area contributed by atoms with Crippen molar-refractivity contribution in [1.29, 1.82) is 0 Å². The molecule has 0 aliphatic heterocycles. The molecule has 1 aromatic carbocycles. The lowest BCUT2D eigenvalue weighted by atomic mass is 10.0. The van der Waals surface area contributed by atoms with E-state index in [1.54, 1.807) is 19.2 Å². The Bertz CT molecular complexity index is 911. The van der Waals surface area contributed by atoms with Crippen LogP contribution in [0.25, 0.3) is 11.1 Å². The van der Waals surface area contributed by atoms with Gasteiger partial charge in [-0.25, -0.2) is 4.39 Å². The van der Waals surface area contributed by atoms with Crippen LogP contribution in [-0.2, 0) is 0 Å². The summed E-state index contributed by atoms with van der Waals surface area (Å²) in [7, 11) is 0. The number of hydrogen-bond acceptors (Lipinski definition) is 3. The first kappa shape index (κ1) is 16.8. The monoisotopic (exact) mass is 335 g/mol. The Morgan fingerprint density at radius 2 is 1.96 bits per heavy atom. The highest BCUT2D eigenvalue weighted by Gasteiger charge is 2.16. The summed E-state index contributed by atoms with van der Waals surface area (Å²) in [5, 5.41) is 2.76. The fourth-order valence-electron chi connectivity index (χ4n) is 2.61. The molecule has 25 heavy (non-hydrogen) atoms. The lowest BCUT2D eigenvalue weighted by molar-refractivity contribution is 0.0938. The molecule has 4 nitrogen and oxygen atoms in total. The van der Waals surface area contributed by atoms with Crippen LogP contribution in [0.2, 0.25) is 0 Å². The Morgan fingerprint density at radius 1 is 1.12 bits per heavy atom. The molecule has 1 atom stereocenters. The van der Waals surface area contributed by atoms with Crippen LogP contribution < -0.4 is 5.32 Å². The third-order valence-electron chi connectivity index (χ3n) is 3.90. The van der Waals surface area contributed by atoms with Crippen molar-refractivity contribution >= 4 is 5.91 Å². The van der Waals surface area contributed by atoms with Crippen LogP contribution in [0.5, 0.6) is 0 Å². The molecule has 3 aromatic rings. The average Bonchev–Trinajstić information content (AvgIpc) is 2.62. The van der Waals surface area contributed by atoms with Gasteiger partial charge in [0, 0.05) is 24.2 Å². The Labute approximate surface area is 145 Å². The van der Waals surface area contributed by atoms with Crippen molar-refractivity contribution in [3.8, 4) is 11.1 Å². The second-order valence-corrected chi connectivity index (χ2v) is 5.90. The molecule has 0 unspecified atom stereocenters. The summed E-state index contributed by atoms with van der Waals surface area (Å²) < 4.78 is 13.8. The van der Waals surface area contributed by atoms with Gasteiger partial charge < -0.3 is 5.32 Å². The molecule has 1 amide bonds. The summed E-state index contributed by atoms with van der Waals surface area (Å²) >= 11 is 0. The van der Waals surface area contributed by atoms with Gasteiger partial charge in [0.15, 0.2) is 0 Å². The number of nitrogens with zero attached hydrogens (tertiary/aromatic N) is 2. The summed E-state index contributed by atoms with van der Waals surface area (Å²) in [6.07, 6.45) is 4.71. The van der Waals surface area contributed by atoms with Crippen LogP contribution in [0.4, 0.5) is 4.39 Å². The first-order valence-corrected chi connectivity index (χ1v) is 7.98. The molecule has 126 valence electrons. The summed E-state index contributed by atoms with van der Waals surface area (Å²) in [5.74, 6) is -0.763. The van der Waals surface area contributed by atoms with E-state index in [0.717, 1.165) is 16.7 Å². The highest BCUT2D eigenvalue weighted by atomic mass is 19.1. The molecule has 2 aromatic heterocycles. The van der Waals surface area contributed by atoms with E-state index in [0.29, 0.717) is 5.56 Å².